The van der Waals surface area contributed by atoms with Gasteiger partial charge in [0, 0.05) is 19.3 Å². The van der Waals surface area contributed by atoms with Crippen molar-refractivity contribution in [2.24, 2.45) is 7.05 Å². The number of aromatic nitrogens is 2. The first-order valence-corrected chi connectivity index (χ1v) is 9.65. The van der Waals surface area contributed by atoms with Gasteiger partial charge in [0.15, 0.2) is 0 Å². The number of fused-ring (bicyclic) bond motifs is 1. The van der Waals surface area contributed by atoms with Crippen LogP contribution in [0.3, 0.4) is 0 Å². The van der Waals surface area contributed by atoms with Gasteiger partial charge in [-0.2, -0.15) is 5.10 Å². The van der Waals surface area contributed by atoms with Gasteiger partial charge in [-0.25, -0.2) is 8.42 Å². The maximum absolute atomic E-state index is 13.0. The predicted octanol–water partition coefficient (Wildman–Crippen LogP) is 2.59. The minimum atomic E-state index is -3.54. The van der Waals surface area contributed by atoms with Crippen LogP contribution in [0.2, 0.25) is 0 Å². The summed E-state index contributed by atoms with van der Waals surface area (Å²) < 4.78 is 29.2. The summed E-state index contributed by atoms with van der Waals surface area (Å²) >= 11 is 1.65. The normalized spacial score (nSPS) is 15.0. The molecular weight excluding hydrogens is 318 g/mol. The fourth-order valence-electron chi connectivity index (χ4n) is 2.68. The quantitative estimate of drug-likeness (QED) is 0.864. The van der Waals surface area contributed by atoms with Crippen LogP contribution >= 0.6 is 11.8 Å². The Morgan fingerprint density at radius 2 is 1.95 bits per heavy atom. The molecule has 0 saturated heterocycles. The molecule has 0 radical (unpaired) electrons. The fraction of sp³-hybridized carbons (Fsp3) is 0.400. The van der Waals surface area contributed by atoms with Crippen LogP contribution in [0.5, 0.6) is 0 Å². The molecule has 1 aromatic heterocycles. The van der Waals surface area contributed by atoms with E-state index in [1.807, 2.05) is 26.1 Å². The van der Waals surface area contributed by atoms with Crippen molar-refractivity contribution in [3.63, 3.8) is 0 Å². The summed E-state index contributed by atoms with van der Waals surface area (Å²) in [5.74, 6) is 0.734. The Morgan fingerprint density at radius 1 is 1.27 bits per heavy atom. The summed E-state index contributed by atoms with van der Waals surface area (Å²) in [7, 11) is -1.69. The van der Waals surface area contributed by atoms with E-state index in [2.05, 4.69) is 12.0 Å². The molecule has 0 spiro atoms. The Balaban J connectivity index is 2.07. The lowest BCUT2D eigenvalue weighted by Crippen LogP contribution is -2.35. The monoisotopic (exact) mass is 337 g/mol. The average molecular weight is 337 g/mol. The van der Waals surface area contributed by atoms with Crippen molar-refractivity contribution in [1.29, 1.82) is 0 Å². The number of anilines is 1. The van der Waals surface area contributed by atoms with Crippen molar-refractivity contribution < 1.29 is 8.42 Å². The molecule has 0 saturated carbocycles. The summed E-state index contributed by atoms with van der Waals surface area (Å²) in [5, 5.41) is 5.28. The first-order chi connectivity index (χ1) is 10.4. The molecule has 0 atom stereocenters. The summed E-state index contributed by atoms with van der Waals surface area (Å²) in [4.78, 5) is 0.339. The lowest BCUT2D eigenvalue weighted by atomic mass is 10.2. The van der Waals surface area contributed by atoms with E-state index in [0.717, 1.165) is 34.1 Å². The van der Waals surface area contributed by atoms with E-state index >= 15 is 0 Å². The zero-order valence-corrected chi connectivity index (χ0v) is 14.5. The van der Waals surface area contributed by atoms with Crippen molar-refractivity contribution in [2.75, 3.05) is 16.6 Å². The predicted molar refractivity (Wildman–Crippen MR) is 89.0 cm³/mol. The molecule has 0 fully saturated rings. The standard InChI is InChI=1S/C15H19N3O2S2/c1-4-12-5-7-13(8-6-12)22(19,20)18-9-10-21-15-14(18)11(2)16-17(15)3/h5-8H,4,9-10H2,1-3H3. The number of nitrogens with zero attached hydrogens (tertiary/aromatic N) is 3. The van der Waals surface area contributed by atoms with Gasteiger partial charge in [0.2, 0.25) is 0 Å². The molecule has 2 heterocycles. The molecule has 1 aliphatic rings. The summed E-state index contributed by atoms with van der Waals surface area (Å²) in [6.45, 7) is 4.38. The lowest BCUT2D eigenvalue weighted by molar-refractivity contribution is 0.591. The molecule has 0 aliphatic carbocycles. The molecule has 0 N–H and O–H groups in total. The number of thioether (sulfide) groups is 1. The van der Waals surface area contributed by atoms with Crippen LogP contribution in [0.15, 0.2) is 34.2 Å². The summed E-state index contributed by atoms with van der Waals surface area (Å²) in [6.07, 6.45) is 0.895. The van der Waals surface area contributed by atoms with Gasteiger partial charge in [0.05, 0.1) is 10.6 Å². The smallest absolute Gasteiger partial charge is 0.261 e. The van der Waals surface area contributed by atoms with E-state index in [-0.39, 0.29) is 0 Å². The largest absolute Gasteiger partial charge is 0.264 e. The van der Waals surface area contributed by atoms with Gasteiger partial charge < -0.3 is 0 Å². The molecule has 7 heteroatoms. The fourth-order valence-corrected chi connectivity index (χ4v) is 5.46. The number of rotatable bonds is 3. The maximum atomic E-state index is 13.0. The average Bonchev–Trinajstić information content (AvgIpc) is 2.82. The summed E-state index contributed by atoms with van der Waals surface area (Å²) in [6, 6.07) is 7.15. The highest BCUT2D eigenvalue weighted by atomic mass is 32.2. The van der Waals surface area contributed by atoms with E-state index in [1.165, 1.54) is 4.31 Å². The Labute approximate surface area is 135 Å². The zero-order valence-electron chi connectivity index (χ0n) is 12.9. The van der Waals surface area contributed by atoms with Crippen LogP contribution < -0.4 is 4.31 Å². The second kappa shape index (κ2) is 5.62. The Bertz CT molecular complexity index is 795. The van der Waals surface area contributed by atoms with Crippen LogP contribution in [0.4, 0.5) is 5.69 Å². The first kappa shape index (κ1) is 15.4. The summed E-state index contributed by atoms with van der Waals surface area (Å²) in [5.41, 5.74) is 2.60. The second-order valence-corrected chi connectivity index (χ2v) is 8.23. The maximum Gasteiger partial charge on any atom is 0.264 e. The van der Waals surface area contributed by atoms with Crippen LogP contribution in [-0.2, 0) is 23.5 Å². The zero-order chi connectivity index (χ0) is 15.9. The van der Waals surface area contributed by atoms with Crippen LogP contribution in [-0.4, -0.2) is 30.5 Å². The first-order valence-electron chi connectivity index (χ1n) is 7.23. The van der Waals surface area contributed by atoms with Gasteiger partial charge in [-0.15, -0.1) is 11.8 Å². The molecule has 1 aromatic carbocycles. The number of sulfonamides is 1. The molecular formula is C15H19N3O2S2. The van der Waals surface area contributed by atoms with Crippen molar-refractivity contribution in [3.8, 4) is 0 Å². The van der Waals surface area contributed by atoms with Gasteiger partial charge in [0.1, 0.15) is 10.7 Å². The molecule has 0 unspecified atom stereocenters. The van der Waals surface area contributed by atoms with Crippen molar-refractivity contribution >= 4 is 27.5 Å². The third-order valence-electron chi connectivity index (χ3n) is 3.84. The molecule has 1 aliphatic heterocycles. The number of hydrogen-bond donors (Lipinski definition) is 0. The van der Waals surface area contributed by atoms with E-state index < -0.39 is 10.0 Å². The molecule has 22 heavy (non-hydrogen) atoms. The third kappa shape index (κ3) is 2.42. The molecule has 2 aromatic rings. The Morgan fingerprint density at radius 3 is 2.59 bits per heavy atom. The highest BCUT2D eigenvalue weighted by Crippen LogP contribution is 2.39. The topological polar surface area (TPSA) is 55.2 Å². The number of benzene rings is 1. The molecule has 0 amide bonds. The van der Waals surface area contributed by atoms with Crippen LogP contribution in [0.1, 0.15) is 18.2 Å². The third-order valence-corrected chi connectivity index (χ3v) is 6.77. The SMILES string of the molecule is CCc1ccc(S(=O)(=O)N2CCSc3c2c(C)nn3C)cc1. The molecule has 5 nitrogen and oxygen atoms in total. The van der Waals surface area contributed by atoms with Gasteiger partial charge >= 0.3 is 0 Å². The van der Waals surface area contributed by atoms with Crippen LogP contribution in [0, 0.1) is 6.92 Å². The van der Waals surface area contributed by atoms with E-state index in [1.54, 1.807) is 28.6 Å². The van der Waals surface area contributed by atoms with Crippen molar-refractivity contribution in [1.82, 2.24) is 9.78 Å². The second-order valence-electron chi connectivity index (χ2n) is 5.29. The number of aryl methyl sites for hydroxylation is 3. The van der Waals surface area contributed by atoms with Crippen LogP contribution in [0.25, 0.3) is 0 Å². The molecule has 3 rings (SSSR count). The van der Waals surface area contributed by atoms with Gasteiger partial charge in [-0.05, 0) is 31.0 Å². The minimum absolute atomic E-state index is 0.339. The van der Waals surface area contributed by atoms with E-state index in [9.17, 15) is 8.42 Å². The van der Waals surface area contributed by atoms with Crippen molar-refractivity contribution in [2.45, 2.75) is 30.2 Å². The van der Waals surface area contributed by atoms with Gasteiger partial charge in [0.25, 0.3) is 10.0 Å². The van der Waals surface area contributed by atoms with E-state index in [4.69, 9.17) is 0 Å². The van der Waals surface area contributed by atoms with Gasteiger partial charge in [-0.3, -0.25) is 8.99 Å². The van der Waals surface area contributed by atoms with Gasteiger partial charge in [-0.1, -0.05) is 19.1 Å². The lowest BCUT2D eigenvalue weighted by Gasteiger charge is -2.28. The Kier molecular flexibility index (Phi) is 3.94. The minimum Gasteiger partial charge on any atom is -0.261 e. The molecule has 118 valence electrons. The highest BCUT2D eigenvalue weighted by Gasteiger charge is 2.33. The van der Waals surface area contributed by atoms with E-state index in [0.29, 0.717) is 11.4 Å². The highest BCUT2D eigenvalue weighted by molar-refractivity contribution is 8.00. The van der Waals surface area contributed by atoms with Crippen molar-refractivity contribution in [3.05, 3.63) is 35.5 Å². The molecule has 0 bridgehead atoms. The Hall–Kier alpha value is -1.47. The number of hydrogen-bond acceptors (Lipinski definition) is 4.